The first-order valence-electron chi connectivity index (χ1n) is 12.4. The number of fused-ring (bicyclic) bond motifs is 1. The minimum Gasteiger partial charge on any atom is -0.481 e. The molecule has 4 heterocycles. The number of anilines is 3. The Bertz CT molecular complexity index is 1250. The van der Waals surface area contributed by atoms with Crippen molar-refractivity contribution in [1.29, 1.82) is 0 Å². The van der Waals surface area contributed by atoms with E-state index in [9.17, 15) is 14.7 Å². The highest BCUT2D eigenvalue weighted by atomic mass is 16.4. The van der Waals surface area contributed by atoms with Gasteiger partial charge in [-0.1, -0.05) is 6.42 Å². The molecule has 3 aromatic heterocycles. The van der Waals surface area contributed by atoms with Gasteiger partial charge in [-0.15, -0.1) is 0 Å². The standard InChI is InChI=1S/C25H32N8O3/c1-31-9-3-10-32(13-12-31)21-5-4-18(16-27-21)29-24-28-15-17-6-11-33(22(17)30-24)19(14-20(26)34)25(23(35)36)7-2-8-25/h4-6,11,15-16,19H,2-3,7-10,12-14H2,1H3,(H2,26,34)(H,35,36)(H,28,29,30). The zero-order valence-corrected chi connectivity index (χ0v) is 20.4. The summed E-state index contributed by atoms with van der Waals surface area (Å²) in [4.78, 5) is 42.5. The molecule has 5 rings (SSSR count). The van der Waals surface area contributed by atoms with Crippen LogP contribution in [0.3, 0.4) is 0 Å². The second kappa shape index (κ2) is 9.73. The van der Waals surface area contributed by atoms with Gasteiger partial charge in [-0.25, -0.2) is 9.97 Å². The molecule has 3 aromatic rings. The van der Waals surface area contributed by atoms with Gasteiger partial charge >= 0.3 is 5.97 Å². The maximum atomic E-state index is 12.2. The van der Waals surface area contributed by atoms with Crippen molar-refractivity contribution in [3.05, 3.63) is 36.8 Å². The topological polar surface area (TPSA) is 142 Å². The van der Waals surface area contributed by atoms with Crippen LogP contribution in [0, 0.1) is 5.41 Å². The first-order chi connectivity index (χ1) is 17.4. The maximum absolute atomic E-state index is 12.2. The fraction of sp³-hybridized carbons (Fsp3) is 0.480. The van der Waals surface area contributed by atoms with Crippen molar-refractivity contribution in [2.45, 2.75) is 38.1 Å². The Balaban J connectivity index is 1.39. The third-order valence-corrected chi connectivity index (χ3v) is 7.54. The maximum Gasteiger partial charge on any atom is 0.311 e. The highest BCUT2D eigenvalue weighted by Gasteiger charge is 2.52. The zero-order chi connectivity index (χ0) is 25.3. The molecule has 11 heteroatoms. The number of primary amides is 1. The van der Waals surface area contributed by atoms with Crippen LogP contribution in [0.1, 0.15) is 38.1 Å². The van der Waals surface area contributed by atoms with E-state index in [1.807, 2.05) is 18.2 Å². The van der Waals surface area contributed by atoms with E-state index in [4.69, 9.17) is 5.73 Å². The van der Waals surface area contributed by atoms with Crippen LogP contribution in [0.4, 0.5) is 17.5 Å². The largest absolute Gasteiger partial charge is 0.481 e. The van der Waals surface area contributed by atoms with Crippen molar-refractivity contribution >= 4 is 40.4 Å². The Kier molecular flexibility index (Phi) is 6.48. The summed E-state index contributed by atoms with van der Waals surface area (Å²) in [5.74, 6) is -0.139. The second-order valence-corrected chi connectivity index (χ2v) is 9.87. The van der Waals surface area contributed by atoms with Crippen LogP contribution in [-0.4, -0.2) is 74.6 Å². The summed E-state index contributed by atoms with van der Waals surface area (Å²) in [6.45, 7) is 4.02. The smallest absolute Gasteiger partial charge is 0.311 e. The van der Waals surface area contributed by atoms with Crippen LogP contribution < -0.4 is 16.0 Å². The van der Waals surface area contributed by atoms with Gasteiger partial charge in [-0.3, -0.25) is 9.59 Å². The lowest BCUT2D eigenvalue weighted by Gasteiger charge is -2.44. The molecule has 36 heavy (non-hydrogen) atoms. The number of pyridine rings is 1. The molecule has 1 unspecified atom stereocenters. The number of carboxylic acids is 1. The van der Waals surface area contributed by atoms with Crippen LogP contribution in [0.2, 0.25) is 0 Å². The van der Waals surface area contributed by atoms with Gasteiger partial charge in [0.15, 0.2) is 0 Å². The lowest BCUT2D eigenvalue weighted by molar-refractivity contribution is -0.159. The van der Waals surface area contributed by atoms with E-state index in [0.29, 0.717) is 24.4 Å². The molecule has 0 bridgehead atoms. The monoisotopic (exact) mass is 492 g/mol. The van der Waals surface area contributed by atoms with Gasteiger partial charge in [-0.05, 0) is 51.1 Å². The predicted octanol–water partition coefficient (Wildman–Crippen LogP) is 2.38. The third-order valence-electron chi connectivity index (χ3n) is 7.54. The molecule has 1 saturated heterocycles. The van der Waals surface area contributed by atoms with Gasteiger partial charge in [0.05, 0.1) is 23.3 Å². The highest BCUT2D eigenvalue weighted by molar-refractivity contribution is 5.82. The van der Waals surface area contributed by atoms with Crippen molar-refractivity contribution < 1.29 is 14.7 Å². The average Bonchev–Trinajstić information content (AvgIpc) is 3.10. The van der Waals surface area contributed by atoms with Crippen LogP contribution in [0.15, 0.2) is 36.8 Å². The number of hydrogen-bond donors (Lipinski definition) is 3. The summed E-state index contributed by atoms with van der Waals surface area (Å²) in [5, 5.41) is 14.0. The van der Waals surface area contributed by atoms with E-state index < -0.39 is 23.3 Å². The molecular weight excluding hydrogens is 460 g/mol. The Hall–Kier alpha value is -3.73. The third kappa shape index (κ3) is 4.58. The van der Waals surface area contributed by atoms with Crippen molar-refractivity contribution in [3.8, 4) is 0 Å². The summed E-state index contributed by atoms with van der Waals surface area (Å²) in [7, 11) is 2.14. The van der Waals surface area contributed by atoms with E-state index in [2.05, 4.69) is 37.1 Å². The number of amides is 1. The van der Waals surface area contributed by atoms with Crippen LogP contribution in [0.5, 0.6) is 0 Å². The van der Waals surface area contributed by atoms with Gasteiger partial charge in [0.25, 0.3) is 0 Å². The number of carbonyl (C=O) groups excluding carboxylic acids is 1. The van der Waals surface area contributed by atoms with E-state index in [1.54, 1.807) is 23.2 Å². The molecule has 2 fully saturated rings. The van der Waals surface area contributed by atoms with Crippen molar-refractivity contribution in [1.82, 2.24) is 24.4 Å². The summed E-state index contributed by atoms with van der Waals surface area (Å²) < 4.78 is 1.78. The number of nitrogens with one attached hydrogen (secondary N) is 1. The van der Waals surface area contributed by atoms with E-state index in [-0.39, 0.29) is 6.42 Å². The SMILES string of the molecule is CN1CCCN(c2ccc(Nc3ncc4ccn(C(CC(N)=O)C5(C(=O)O)CCC5)c4n3)cn2)CC1. The molecule has 190 valence electrons. The Morgan fingerprint density at radius 2 is 1.94 bits per heavy atom. The second-order valence-electron chi connectivity index (χ2n) is 9.87. The van der Waals surface area contributed by atoms with Crippen LogP contribution in [-0.2, 0) is 9.59 Å². The van der Waals surface area contributed by atoms with Crippen molar-refractivity contribution in [2.24, 2.45) is 11.1 Å². The normalized spacial score (nSPS) is 18.9. The van der Waals surface area contributed by atoms with Gasteiger partial charge in [0.1, 0.15) is 11.5 Å². The highest BCUT2D eigenvalue weighted by Crippen LogP contribution is 2.51. The zero-order valence-electron chi connectivity index (χ0n) is 20.4. The molecule has 2 aliphatic rings. The predicted molar refractivity (Wildman–Crippen MR) is 136 cm³/mol. The number of likely N-dealkylation sites (N-methyl/N-ethyl adjacent to an activating group) is 1. The summed E-state index contributed by atoms with van der Waals surface area (Å²) >= 11 is 0. The number of nitrogens with zero attached hydrogens (tertiary/aromatic N) is 6. The number of aromatic nitrogens is 4. The first-order valence-corrected chi connectivity index (χ1v) is 12.4. The van der Waals surface area contributed by atoms with Gasteiger partial charge in [-0.2, -0.15) is 4.98 Å². The van der Waals surface area contributed by atoms with Gasteiger partial charge in [0, 0.05) is 43.8 Å². The number of carboxylic acid groups (broad SMARTS) is 1. The van der Waals surface area contributed by atoms with E-state index >= 15 is 0 Å². The molecule has 1 aliphatic heterocycles. The number of hydrogen-bond acceptors (Lipinski definition) is 8. The molecular formula is C25H32N8O3. The van der Waals surface area contributed by atoms with E-state index in [0.717, 1.165) is 55.9 Å². The fourth-order valence-corrected chi connectivity index (χ4v) is 5.30. The Morgan fingerprint density at radius 3 is 2.61 bits per heavy atom. The number of nitrogens with two attached hydrogens (primary N) is 1. The number of rotatable bonds is 8. The molecule has 11 nitrogen and oxygen atoms in total. The van der Waals surface area contributed by atoms with Crippen LogP contribution >= 0.6 is 0 Å². The number of aliphatic carboxylic acids is 1. The molecule has 4 N–H and O–H groups in total. The molecule has 1 saturated carbocycles. The number of carbonyl (C=O) groups is 2. The minimum absolute atomic E-state index is 0.0689. The van der Waals surface area contributed by atoms with Crippen molar-refractivity contribution in [2.75, 3.05) is 43.4 Å². The fourth-order valence-electron chi connectivity index (χ4n) is 5.30. The quantitative estimate of drug-likeness (QED) is 0.432. The van der Waals surface area contributed by atoms with E-state index in [1.165, 1.54) is 0 Å². The minimum atomic E-state index is -1.03. The lowest BCUT2D eigenvalue weighted by Crippen LogP contribution is -2.46. The first kappa shape index (κ1) is 24.0. The molecule has 0 spiro atoms. The Morgan fingerprint density at radius 1 is 1.11 bits per heavy atom. The summed E-state index contributed by atoms with van der Waals surface area (Å²) in [6, 6.07) is 5.16. The Labute approximate surface area is 209 Å². The molecule has 1 atom stereocenters. The van der Waals surface area contributed by atoms with Crippen LogP contribution in [0.25, 0.3) is 11.0 Å². The van der Waals surface area contributed by atoms with Crippen molar-refractivity contribution in [3.63, 3.8) is 0 Å². The molecule has 0 aromatic carbocycles. The molecule has 1 amide bonds. The van der Waals surface area contributed by atoms with Gasteiger partial charge < -0.3 is 30.5 Å². The molecule has 1 aliphatic carbocycles. The summed E-state index contributed by atoms with van der Waals surface area (Å²) in [6.07, 6.45) is 8.07. The lowest BCUT2D eigenvalue weighted by atomic mass is 9.63. The average molecular weight is 493 g/mol. The van der Waals surface area contributed by atoms with Gasteiger partial charge in [0.2, 0.25) is 11.9 Å². The summed E-state index contributed by atoms with van der Waals surface area (Å²) in [5.41, 5.74) is 5.81. The molecule has 0 radical (unpaired) electrons.